The highest BCUT2D eigenvalue weighted by atomic mass is 16.5. The number of rotatable bonds is 9. The molecule has 114 valence electrons. The first-order valence-corrected chi connectivity index (χ1v) is 7.98. The smallest absolute Gasteiger partial charge is 0.119 e. The Morgan fingerprint density at radius 2 is 1.65 bits per heavy atom. The summed E-state index contributed by atoms with van der Waals surface area (Å²) in [4.78, 5) is 0. The van der Waals surface area contributed by atoms with Crippen LogP contribution in [0.5, 0.6) is 5.75 Å². The summed E-state index contributed by atoms with van der Waals surface area (Å²) in [5, 5.41) is 3.55. The quantitative estimate of drug-likeness (QED) is 0.719. The molecule has 0 bridgehead atoms. The third-order valence-electron chi connectivity index (χ3n) is 3.75. The summed E-state index contributed by atoms with van der Waals surface area (Å²) in [7, 11) is 0. The van der Waals surface area contributed by atoms with Crippen molar-refractivity contribution < 1.29 is 4.74 Å². The third-order valence-corrected chi connectivity index (χ3v) is 3.75. The van der Waals surface area contributed by atoms with Crippen LogP contribution in [0.1, 0.15) is 52.5 Å². The average Bonchev–Trinajstić information content (AvgIpc) is 2.44. The molecule has 0 fully saturated rings. The van der Waals surface area contributed by atoms with Gasteiger partial charge in [-0.05, 0) is 55.0 Å². The Kier molecular flexibility index (Phi) is 7.68. The lowest BCUT2D eigenvalue weighted by molar-refractivity contribution is 0.317. The highest BCUT2D eigenvalue weighted by Crippen LogP contribution is 2.25. The van der Waals surface area contributed by atoms with Crippen LogP contribution < -0.4 is 10.1 Å². The molecule has 0 aliphatic rings. The van der Waals surface area contributed by atoms with Gasteiger partial charge in [-0.2, -0.15) is 0 Å². The van der Waals surface area contributed by atoms with Gasteiger partial charge in [-0.25, -0.2) is 0 Å². The lowest BCUT2D eigenvalue weighted by atomic mass is 9.89. The standard InChI is InChI=1S/C18H31NO/c1-6-11-20-18-9-7-17(8-10-18)16(5)15(4)13-19-12-14(2)3/h7-10,14-16,19H,6,11-13H2,1-5H3. The number of nitrogens with one attached hydrogen (secondary N) is 1. The van der Waals surface area contributed by atoms with E-state index in [4.69, 9.17) is 4.74 Å². The predicted octanol–water partition coefficient (Wildman–Crippen LogP) is 4.46. The number of benzene rings is 1. The van der Waals surface area contributed by atoms with E-state index in [-0.39, 0.29) is 0 Å². The Morgan fingerprint density at radius 1 is 1.00 bits per heavy atom. The van der Waals surface area contributed by atoms with Gasteiger partial charge in [0.25, 0.3) is 0 Å². The second-order valence-electron chi connectivity index (χ2n) is 6.24. The van der Waals surface area contributed by atoms with Gasteiger partial charge in [-0.1, -0.05) is 46.8 Å². The Morgan fingerprint density at radius 3 is 2.20 bits per heavy atom. The summed E-state index contributed by atoms with van der Waals surface area (Å²) < 4.78 is 5.63. The molecule has 0 aromatic heterocycles. The molecular weight excluding hydrogens is 246 g/mol. The molecule has 0 heterocycles. The number of ether oxygens (including phenoxy) is 1. The van der Waals surface area contributed by atoms with Crippen LogP contribution in [0.4, 0.5) is 0 Å². The third kappa shape index (κ3) is 5.96. The van der Waals surface area contributed by atoms with Crippen molar-refractivity contribution in [3.63, 3.8) is 0 Å². The Bertz CT molecular complexity index is 358. The minimum atomic E-state index is 0.565. The molecule has 0 amide bonds. The van der Waals surface area contributed by atoms with Crippen molar-refractivity contribution in [1.82, 2.24) is 5.32 Å². The molecule has 2 atom stereocenters. The van der Waals surface area contributed by atoms with Gasteiger partial charge >= 0.3 is 0 Å². The van der Waals surface area contributed by atoms with E-state index in [1.807, 2.05) is 0 Å². The van der Waals surface area contributed by atoms with Crippen molar-refractivity contribution in [2.24, 2.45) is 11.8 Å². The molecule has 1 aromatic carbocycles. The van der Waals surface area contributed by atoms with E-state index >= 15 is 0 Å². The van der Waals surface area contributed by atoms with E-state index in [0.29, 0.717) is 17.8 Å². The van der Waals surface area contributed by atoms with Crippen LogP contribution in [0.15, 0.2) is 24.3 Å². The first-order chi connectivity index (χ1) is 9.54. The monoisotopic (exact) mass is 277 g/mol. The van der Waals surface area contributed by atoms with Crippen LogP contribution in [0, 0.1) is 11.8 Å². The first kappa shape index (κ1) is 17.0. The molecule has 20 heavy (non-hydrogen) atoms. The molecule has 0 aliphatic heterocycles. The minimum Gasteiger partial charge on any atom is -0.494 e. The van der Waals surface area contributed by atoms with Gasteiger partial charge in [0.15, 0.2) is 0 Å². The fraction of sp³-hybridized carbons (Fsp3) is 0.667. The summed E-state index contributed by atoms with van der Waals surface area (Å²) >= 11 is 0. The van der Waals surface area contributed by atoms with Crippen LogP contribution in [-0.4, -0.2) is 19.7 Å². The average molecular weight is 277 g/mol. The summed E-state index contributed by atoms with van der Waals surface area (Å²) in [6, 6.07) is 8.59. The normalized spacial score (nSPS) is 14.3. The van der Waals surface area contributed by atoms with E-state index in [1.165, 1.54) is 5.56 Å². The molecule has 1 N–H and O–H groups in total. The summed E-state index contributed by atoms with van der Waals surface area (Å²) in [6.07, 6.45) is 1.05. The van der Waals surface area contributed by atoms with Crippen LogP contribution in [0.3, 0.4) is 0 Å². The second kappa shape index (κ2) is 9.02. The molecule has 2 heteroatoms. The molecule has 0 saturated heterocycles. The zero-order valence-corrected chi connectivity index (χ0v) is 13.8. The highest BCUT2D eigenvalue weighted by Gasteiger charge is 2.14. The van der Waals surface area contributed by atoms with E-state index in [0.717, 1.165) is 31.9 Å². The zero-order valence-electron chi connectivity index (χ0n) is 13.8. The fourth-order valence-electron chi connectivity index (χ4n) is 2.19. The molecule has 2 unspecified atom stereocenters. The van der Waals surface area contributed by atoms with Crippen molar-refractivity contribution in [3.05, 3.63) is 29.8 Å². The maximum Gasteiger partial charge on any atom is 0.119 e. The van der Waals surface area contributed by atoms with Crippen LogP contribution in [0.25, 0.3) is 0 Å². The van der Waals surface area contributed by atoms with Crippen molar-refractivity contribution in [1.29, 1.82) is 0 Å². The van der Waals surface area contributed by atoms with E-state index in [1.54, 1.807) is 0 Å². The van der Waals surface area contributed by atoms with Gasteiger partial charge in [-0.3, -0.25) is 0 Å². The van der Waals surface area contributed by atoms with Crippen LogP contribution >= 0.6 is 0 Å². The van der Waals surface area contributed by atoms with Gasteiger partial charge < -0.3 is 10.1 Å². The van der Waals surface area contributed by atoms with E-state index in [2.05, 4.69) is 64.2 Å². The lowest BCUT2D eigenvalue weighted by Crippen LogP contribution is -2.27. The molecule has 0 radical (unpaired) electrons. The van der Waals surface area contributed by atoms with Crippen molar-refractivity contribution in [3.8, 4) is 5.75 Å². The van der Waals surface area contributed by atoms with Crippen molar-refractivity contribution in [2.45, 2.75) is 47.0 Å². The minimum absolute atomic E-state index is 0.565. The Labute approximate surface area is 124 Å². The summed E-state index contributed by atoms with van der Waals surface area (Å²) in [6.45, 7) is 14.2. The van der Waals surface area contributed by atoms with Gasteiger partial charge in [0.2, 0.25) is 0 Å². The Hall–Kier alpha value is -1.02. The number of hydrogen-bond acceptors (Lipinski definition) is 2. The molecule has 0 saturated carbocycles. The van der Waals surface area contributed by atoms with Crippen LogP contribution in [0.2, 0.25) is 0 Å². The maximum atomic E-state index is 5.63. The van der Waals surface area contributed by atoms with Gasteiger partial charge in [0.1, 0.15) is 5.75 Å². The SMILES string of the molecule is CCCOc1ccc(C(C)C(C)CNCC(C)C)cc1. The second-order valence-corrected chi connectivity index (χ2v) is 6.24. The zero-order chi connectivity index (χ0) is 15.0. The molecular formula is C18H31NO. The fourth-order valence-corrected chi connectivity index (χ4v) is 2.19. The largest absolute Gasteiger partial charge is 0.494 e. The van der Waals surface area contributed by atoms with Gasteiger partial charge in [0.05, 0.1) is 6.61 Å². The van der Waals surface area contributed by atoms with Crippen molar-refractivity contribution >= 4 is 0 Å². The highest BCUT2D eigenvalue weighted by molar-refractivity contribution is 5.29. The summed E-state index contributed by atoms with van der Waals surface area (Å²) in [5.74, 6) is 2.90. The molecule has 1 rings (SSSR count). The van der Waals surface area contributed by atoms with Gasteiger partial charge in [0, 0.05) is 0 Å². The molecule has 0 aliphatic carbocycles. The van der Waals surface area contributed by atoms with Crippen molar-refractivity contribution in [2.75, 3.05) is 19.7 Å². The lowest BCUT2D eigenvalue weighted by Gasteiger charge is -2.21. The van der Waals surface area contributed by atoms with E-state index in [9.17, 15) is 0 Å². The van der Waals surface area contributed by atoms with Gasteiger partial charge in [-0.15, -0.1) is 0 Å². The first-order valence-electron chi connectivity index (χ1n) is 7.98. The molecule has 2 nitrogen and oxygen atoms in total. The topological polar surface area (TPSA) is 21.3 Å². The predicted molar refractivity (Wildman–Crippen MR) is 87.5 cm³/mol. The summed E-state index contributed by atoms with van der Waals surface area (Å²) in [5.41, 5.74) is 1.40. The van der Waals surface area contributed by atoms with E-state index < -0.39 is 0 Å². The maximum absolute atomic E-state index is 5.63. The number of hydrogen-bond donors (Lipinski definition) is 1. The Balaban J connectivity index is 2.47. The molecule has 1 aromatic rings. The molecule has 0 spiro atoms. The van der Waals surface area contributed by atoms with Crippen LogP contribution in [-0.2, 0) is 0 Å².